The Morgan fingerprint density at radius 2 is 1.91 bits per heavy atom. The van der Waals surface area contributed by atoms with Gasteiger partial charge >= 0.3 is 0 Å². The summed E-state index contributed by atoms with van der Waals surface area (Å²) in [6, 6.07) is 8.98. The first-order valence-corrected chi connectivity index (χ1v) is 7.59. The number of nitrogens with zero attached hydrogens (tertiary/aromatic N) is 4. The van der Waals surface area contributed by atoms with Crippen LogP contribution in [0.4, 0.5) is 0 Å². The molecule has 5 heteroatoms. The van der Waals surface area contributed by atoms with Crippen LogP contribution in [0.15, 0.2) is 35.1 Å². The number of hydrogen-bond donors (Lipinski definition) is 0. The van der Waals surface area contributed by atoms with E-state index in [4.69, 9.17) is 4.52 Å². The highest BCUT2D eigenvalue weighted by molar-refractivity contribution is 5.33. The third-order valence-electron chi connectivity index (χ3n) is 4.54. The third kappa shape index (κ3) is 2.13. The van der Waals surface area contributed by atoms with Crippen LogP contribution < -0.4 is 0 Å². The van der Waals surface area contributed by atoms with Gasteiger partial charge in [-0.15, -0.1) is 0 Å². The number of rotatable bonds is 3. The highest BCUT2D eigenvalue weighted by atomic mass is 16.5. The van der Waals surface area contributed by atoms with Crippen molar-refractivity contribution in [3.05, 3.63) is 64.6 Å². The number of fused-ring (bicyclic) bond motifs is 1. The first-order valence-electron chi connectivity index (χ1n) is 7.59. The summed E-state index contributed by atoms with van der Waals surface area (Å²) in [6.07, 6.45) is 4.41. The average Bonchev–Trinajstić information content (AvgIpc) is 3.21. The summed E-state index contributed by atoms with van der Waals surface area (Å²) in [5, 5.41) is 8.50. The highest BCUT2D eigenvalue weighted by Gasteiger charge is 2.25. The monoisotopic (exact) mass is 294 g/mol. The lowest BCUT2D eigenvalue weighted by Crippen LogP contribution is -2.15. The van der Waals surface area contributed by atoms with Crippen molar-refractivity contribution in [2.45, 2.75) is 39.2 Å². The molecule has 2 heterocycles. The Labute approximate surface area is 129 Å². The van der Waals surface area contributed by atoms with Crippen LogP contribution in [0, 0.1) is 13.8 Å². The molecular weight excluding hydrogens is 276 g/mol. The lowest BCUT2D eigenvalue weighted by Gasteiger charge is -2.12. The van der Waals surface area contributed by atoms with Crippen LogP contribution in [0.1, 0.15) is 40.0 Å². The van der Waals surface area contributed by atoms with Gasteiger partial charge in [0.1, 0.15) is 17.9 Å². The van der Waals surface area contributed by atoms with E-state index >= 15 is 0 Å². The van der Waals surface area contributed by atoms with Gasteiger partial charge in [0.25, 0.3) is 0 Å². The third-order valence-corrected chi connectivity index (χ3v) is 4.54. The molecule has 2 aromatic heterocycles. The Kier molecular flexibility index (Phi) is 3.06. The second-order valence-corrected chi connectivity index (χ2v) is 5.93. The van der Waals surface area contributed by atoms with E-state index in [9.17, 15) is 0 Å². The van der Waals surface area contributed by atoms with Crippen LogP contribution in [-0.4, -0.2) is 19.9 Å². The first-order chi connectivity index (χ1) is 10.7. The summed E-state index contributed by atoms with van der Waals surface area (Å²) in [5.74, 6) is 1.84. The summed E-state index contributed by atoms with van der Waals surface area (Å²) >= 11 is 0. The van der Waals surface area contributed by atoms with Crippen molar-refractivity contribution in [3.63, 3.8) is 0 Å². The fourth-order valence-electron chi connectivity index (χ4n) is 3.33. The molecule has 0 bridgehead atoms. The van der Waals surface area contributed by atoms with E-state index in [0.717, 1.165) is 35.7 Å². The van der Waals surface area contributed by atoms with Gasteiger partial charge in [-0.05, 0) is 37.8 Å². The molecule has 22 heavy (non-hydrogen) atoms. The van der Waals surface area contributed by atoms with E-state index < -0.39 is 0 Å². The molecule has 0 N–H and O–H groups in total. The molecule has 0 aliphatic heterocycles. The number of benzene rings is 1. The van der Waals surface area contributed by atoms with Crippen LogP contribution in [-0.2, 0) is 19.3 Å². The Morgan fingerprint density at radius 1 is 1.18 bits per heavy atom. The number of aryl methyl sites for hydroxylation is 2. The minimum atomic E-state index is 0.357. The maximum atomic E-state index is 5.25. The van der Waals surface area contributed by atoms with Gasteiger partial charge in [-0.3, -0.25) is 0 Å². The second-order valence-electron chi connectivity index (χ2n) is 5.93. The van der Waals surface area contributed by atoms with Gasteiger partial charge in [0.05, 0.1) is 11.7 Å². The van der Waals surface area contributed by atoms with Gasteiger partial charge in [0, 0.05) is 12.0 Å². The van der Waals surface area contributed by atoms with Crippen molar-refractivity contribution < 1.29 is 4.52 Å². The Balaban J connectivity index is 1.62. The van der Waals surface area contributed by atoms with Gasteiger partial charge in [-0.25, -0.2) is 9.67 Å². The summed E-state index contributed by atoms with van der Waals surface area (Å²) in [5.41, 5.74) is 4.89. The molecule has 5 nitrogen and oxygen atoms in total. The first kappa shape index (κ1) is 13.2. The van der Waals surface area contributed by atoms with Crippen molar-refractivity contribution >= 4 is 0 Å². The van der Waals surface area contributed by atoms with E-state index in [1.165, 1.54) is 11.1 Å². The predicted molar refractivity (Wildman–Crippen MR) is 81.7 cm³/mol. The number of aromatic nitrogens is 4. The normalized spacial score (nSPS) is 14.5. The van der Waals surface area contributed by atoms with Crippen LogP contribution >= 0.6 is 0 Å². The van der Waals surface area contributed by atoms with Crippen LogP contribution in [0.3, 0.4) is 0 Å². The van der Waals surface area contributed by atoms with Gasteiger partial charge in [0.15, 0.2) is 0 Å². The van der Waals surface area contributed by atoms with E-state index in [1.54, 1.807) is 6.33 Å². The largest absolute Gasteiger partial charge is 0.361 e. The van der Waals surface area contributed by atoms with Crippen LogP contribution in [0.5, 0.6) is 0 Å². The van der Waals surface area contributed by atoms with Gasteiger partial charge < -0.3 is 4.52 Å². The fraction of sp³-hybridized carbons (Fsp3) is 0.353. The summed E-state index contributed by atoms with van der Waals surface area (Å²) < 4.78 is 7.33. The topological polar surface area (TPSA) is 56.7 Å². The maximum absolute atomic E-state index is 5.25. The summed E-state index contributed by atoms with van der Waals surface area (Å²) in [7, 11) is 0. The molecule has 0 atom stereocenters. The van der Waals surface area contributed by atoms with Crippen molar-refractivity contribution in [2.75, 3.05) is 0 Å². The molecule has 1 aliphatic rings. The van der Waals surface area contributed by atoms with E-state index in [-0.39, 0.29) is 0 Å². The summed E-state index contributed by atoms with van der Waals surface area (Å²) in [4.78, 5) is 4.46. The van der Waals surface area contributed by atoms with E-state index in [2.05, 4.69) is 44.2 Å². The second kappa shape index (κ2) is 5.09. The molecule has 0 amide bonds. The fourth-order valence-corrected chi connectivity index (χ4v) is 3.33. The molecule has 0 radical (unpaired) electrons. The molecule has 4 rings (SSSR count). The molecule has 112 valence electrons. The van der Waals surface area contributed by atoms with Crippen molar-refractivity contribution in [1.82, 2.24) is 19.9 Å². The van der Waals surface area contributed by atoms with Crippen LogP contribution in [0.2, 0.25) is 0 Å². The van der Waals surface area contributed by atoms with Crippen molar-refractivity contribution in [2.24, 2.45) is 0 Å². The lowest BCUT2D eigenvalue weighted by molar-refractivity contribution is 0.392. The smallest absolute Gasteiger partial charge is 0.138 e. The standard InChI is InChI=1S/C17H18N4O/c1-11-16(12(2)22-20-11)9-17-18-10-19-21(17)15-7-13-5-3-4-6-14(13)8-15/h3-6,10,15H,7-9H2,1-2H3. The molecular formula is C17H18N4O. The average molecular weight is 294 g/mol. The molecule has 0 spiro atoms. The molecule has 0 unspecified atom stereocenters. The lowest BCUT2D eigenvalue weighted by atomic mass is 10.1. The molecule has 1 aliphatic carbocycles. The zero-order valence-electron chi connectivity index (χ0n) is 12.8. The molecule has 0 saturated carbocycles. The van der Waals surface area contributed by atoms with Crippen molar-refractivity contribution in [1.29, 1.82) is 0 Å². The molecule has 0 fully saturated rings. The Bertz CT molecular complexity index is 773. The minimum absolute atomic E-state index is 0.357. The van der Waals surface area contributed by atoms with E-state index in [0.29, 0.717) is 12.5 Å². The Morgan fingerprint density at radius 3 is 2.55 bits per heavy atom. The summed E-state index contributed by atoms with van der Waals surface area (Å²) in [6.45, 7) is 3.92. The zero-order chi connectivity index (χ0) is 15.1. The van der Waals surface area contributed by atoms with E-state index in [1.807, 2.05) is 13.8 Å². The zero-order valence-corrected chi connectivity index (χ0v) is 12.8. The Hall–Kier alpha value is -2.43. The van der Waals surface area contributed by atoms with Crippen LogP contribution in [0.25, 0.3) is 0 Å². The van der Waals surface area contributed by atoms with Gasteiger partial charge in [0.2, 0.25) is 0 Å². The molecule has 3 aromatic rings. The minimum Gasteiger partial charge on any atom is -0.361 e. The predicted octanol–water partition coefficient (Wildman–Crippen LogP) is 2.81. The molecule has 1 aromatic carbocycles. The van der Waals surface area contributed by atoms with Gasteiger partial charge in [-0.2, -0.15) is 5.10 Å². The number of hydrogen-bond acceptors (Lipinski definition) is 4. The molecule has 0 saturated heterocycles. The maximum Gasteiger partial charge on any atom is 0.138 e. The van der Waals surface area contributed by atoms with Crippen molar-refractivity contribution in [3.8, 4) is 0 Å². The SMILES string of the molecule is Cc1noc(C)c1Cc1ncnn1C1Cc2ccccc2C1. The van der Waals surface area contributed by atoms with Gasteiger partial charge in [-0.1, -0.05) is 29.4 Å². The quantitative estimate of drug-likeness (QED) is 0.745. The highest BCUT2D eigenvalue weighted by Crippen LogP contribution is 2.30.